The number of carbonyl (C=O) groups excluding carboxylic acids is 1. The number of benzene rings is 2. The van der Waals surface area contributed by atoms with Crippen molar-refractivity contribution in [3.05, 3.63) is 53.6 Å². The molecule has 0 fully saturated rings. The molecule has 0 aromatic heterocycles. The average molecular weight is 364 g/mol. The van der Waals surface area contributed by atoms with Crippen LogP contribution in [0.3, 0.4) is 0 Å². The Morgan fingerprint density at radius 1 is 1.24 bits per heavy atom. The number of hydrogen-bond acceptors (Lipinski definition) is 3. The number of nitrogens with one attached hydrogen (secondary N) is 2. The van der Waals surface area contributed by atoms with E-state index in [4.69, 9.17) is 21.1 Å². The van der Waals surface area contributed by atoms with Gasteiger partial charge in [0.2, 0.25) is 0 Å². The van der Waals surface area contributed by atoms with Crippen molar-refractivity contribution < 1.29 is 19.2 Å². The van der Waals surface area contributed by atoms with E-state index < -0.39 is 0 Å². The molecule has 1 unspecified atom stereocenters. The molecule has 2 aromatic carbocycles. The van der Waals surface area contributed by atoms with Crippen molar-refractivity contribution in [2.24, 2.45) is 0 Å². The number of methoxy groups -OCH3 is 1. The van der Waals surface area contributed by atoms with Crippen LogP contribution in [0.5, 0.6) is 11.5 Å². The van der Waals surface area contributed by atoms with Gasteiger partial charge in [0, 0.05) is 5.02 Å². The summed E-state index contributed by atoms with van der Waals surface area (Å²) in [5.74, 6) is 1.31. The molecule has 0 bridgehead atoms. The number of amides is 1. The van der Waals surface area contributed by atoms with E-state index in [1.165, 1.54) is 0 Å². The van der Waals surface area contributed by atoms with Crippen molar-refractivity contribution >= 4 is 23.2 Å². The van der Waals surface area contributed by atoms with Crippen LogP contribution in [0.4, 0.5) is 5.69 Å². The summed E-state index contributed by atoms with van der Waals surface area (Å²) in [6.45, 7) is 3.12. The quantitative estimate of drug-likeness (QED) is 0.756. The molecule has 2 aromatic rings. The minimum Gasteiger partial charge on any atom is -0.495 e. The Kier molecular flexibility index (Phi) is 7.10. The SMILES string of the molecule is COc1ccc(Cl)cc1NC(=O)[C@@H](C)[NH+](C)CCOc1ccccc1. The third-order valence-corrected chi connectivity index (χ3v) is 4.30. The van der Waals surface area contributed by atoms with Gasteiger partial charge in [0.15, 0.2) is 6.04 Å². The van der Waals surface area contributed by atoms with Gasteiger partial charge >= 0.3 is 0 Å². The van der Waals surface area contributed by atoms with Crippen LogP contribution in [0.25, 0.3) is 0 Å². The largest absolute Gasteiger partial charge is 0.495 e. The maximum atomic E-state index is 12.5. The maximum absolute atomic E-state index is 12.5. The summed E-state index contributed by atoms with van der Waals surface area (Å²) in [7, 11) is 3.52. The molecule has 0 spiro atoms. The summed E-state index contributed by atoms with van der Waals surface area (Å²) in [6, 6.07) is 14.5. The molecule has 6 heteroatoms. The van der Waals surface area contributed by atoms with Crippen LogP contribution >= 0.6 is 11.6 Å². The molecule has 134 valence electrons. The van der Waals surface area contributed by atoms with Gasteiger partial charge in [-0.1, -0.05) is 29.8 Å². The van der Waals surface area contributed by atoms with Gasteiger partial charge in [-0.2, -0.15) is 0 Å². The van der Waals surface area contributed by atoms with E-state index in [-0.39, 0.29) is 11.9 Å². The van der Waals surface area contributed by atoms with E-state index in [9.17, 15) is 4.79 Å². The van der Waals surface area contributed by atoms with Crippen LogP contribution in [0, 0.1) is 0 Å². The normalized spacial score (nSPS) is 13.0. The first-order valence-electron chi connectivity index (χ1n) is 8.16. The molecule has 0 saturated heterocycles. The Labute approximate surface area is 153 Å². The Bertz CT molecular complexity index is 694. The fourth-order valence-corrected chi connectivity index (χ4v) is 2.48. The number of ether oxygens (including phenoxy) is 2. The second-order valence-electron chi connectivity index (χ2n) is 5.81. The molecular weight excluding hydrogens is 340 g/mol. The smallest absolute Gasteiger partial charge is 0.282 e. The summed E-state index contributed by atoms with van der Waals surface area (Å²) in [4.78, 5) is 13.5. The minimum atomic E-state index is -0.247. The van der Waals surface area contributed by atoms with Crippen molar-refractivity contribution in [2.45, 2.75) is 13.0 Å². The predicted molar refractivity (Wildman–Crippen MR) is 99.8 cm³/mol. The second kappa shape index (κ2) is 9.30. The average Bonchev–Trinajstić information content (AvgIpc) is 2.62. The van der Waals surface area contributed by atoms with Gasteiger partial charge < -0.3 is 19.7 Å². The molecule has 1 amide bonds. The third-order valence-electron chi connectivity index (χ3n) is 4.06. The van der Waals surface area contributed by atoms with Gasteiger partial charge in [0.05, 0.1) is 19.8 Å². The molecule has 0 aliphatic rings. The molecule has 0 saturated carbocycles. The van der Waals surface area contributed by atoms with Crippen molar-refractivity contribution in [3.63, 3.8) is 0 Å². The third kappa shape index (κ3) is 5.66. The zero-order valence-electron chi connectivity index (χ0n) is 14.7. The van der Waals surface area contributed by atoms with Gasteiger partial charge in [-0.3, -0.25) is 4.79 Å². The molecular formula is C19H24ClN2O3+. The van der Waals surface area contributed by atoms with Crippen molar-refractivity contribution in [1.29, 1.82) is 0 Å². The number of likely N-dealkylation sites (N-methyl/N-ethyl adjacent to an activating group) is 1. The number of para-hydroxylation sites is 1. The summed E-state index contributed by atoms with van der Waals surface area (Å²) in [6.07, 6.45) is 0. The van der Waals surface area contributed by atoms with Crippen molar-refractivity contribution in [3.8, 4) is 11.5 Å². The lowest BCUT2D eigenvalue weighted by atomic mass is 10.2. The fraction of sp³-hybridized carbons (Fsp3) is 0.316. The molecule has 2 rings (SSSR count). The van der Waals surface area contributed by atoms with E-state index in [0.717, 1.165) is 10.6 Å². The number of quaternary nitrogens is 1. The summed E-state index contributed by atoms with van der Waals surface area (Å²) < 4.78 is 10.9. The Balaban J connectivity index is 1.87. The number of halogens is 1. The monoisotopic (exact) mass is 363 g/mol. The topological polar surface area (TPSA) is 52.0 Å². The van der Waals surface area contributed by atoms with Crippen LogP contribution in [0.15, 0.2) is 48.5 Å². The van der Waals surface area contributed by atoms with Gasteiger partial charge in [-0.15, -0.1) is 0 Å². The Morgan fingerprint density at radius 3 is 2.64 bits per heavy atom. The zero-order valence-corrected chi connectivity index (χ0v) is 15.5. The van der Waals surface area contributed by atoms with E-state index in [1.807, 2.05) is 44.3 Å². The van der Waals surface area contributed by atoms with Gasteiger partial charge in [0.1, 0.15) is 24.7 Å². The van der Waals surface area contributed by atoms with E-state index >= 15 is 0 Å². The Hall–Kier alpha value is -2.24. The lowest BCUT2D eigenvalue weighted by Gasteiger charge is -2.21. The maximum Gasteiger partial charge on any atom is 0.282 e. The standard InChI is InChI=1S/C19H23ClN2O3/c1-14(22(2)11-12-25-16-7-5-4-6-8-16)19(23)21-17-13-15(20)9-10-18(17)24-3/h4-10,13-14H,11-12H2,1-3H3,(H,21,23)/p+1/t14-/m1/s1. The van der Waals surface area contributed by atoms with Crippen LogP contribution in [0.2, 0.25) is 5.02 Å². The lowest BCUT2D eigenvalue weighted by Crippen LogP contribution is -3.14. The summed E-state index contributed by atoms with van der Waals surface area (Å²) >= 11 is 6.00. The molecule has 2 atom stereocenters. The molecule has 0 aliphatic carbocycles. The first kappa shape index (κ1) is 19.1. The van der Waals surface area contributed by atoms with E-state index in [0.29, 0.717) is 29.6 Å². The molecule has 0 radical (unpaired) electrons. The highest BCUT2D eigenvalue weighted by Crippen LogP contribution is 2.27. The van der Waals surface area contributed by atoms with Crippen LogP contribution < -0.4 is 19.7 Å². The van der Waals surface area contributed by atoms with Crippen molar-refractivity contribution in [1.82, 2.24) is 0 Å². The lowest BCUT2D eigenvalue weighted by molar-refractivity contribution is -0.894. The summed E-state index contributed by atoms with van der Waals surface area (Å²) in [5.41, 5.74) is 0.570. The molecule has 25 heavy (non-hydrogen) atoms. The van der Waals surface area contributed by atoms with E-state index in [2.05, 4.69) is 5.32 Å². The molecule has 5 nitrogen and oxygen atoms in total. The minimum absolute atomic E-state index is 0.0993. The van der Waals surface area contributed by atoms with Crippen LogP contribution in [-0.4, -0.2) is 39.3 Å². The number of anilines is 1. The first-order chi connectivity index (χ1) is 12.0. The van der Waals surface area contributed by atoms with Crippen LogP contribution in [0.1, 0.15) is 6.92 Å². The summed E-state index contributed by atoms with van der Waals surface area (Å²) in [5, 5.41) is 3.42. The number of hydrogen-bond donors (Lipinski definition) is 2. The highest BCUT2D eigenvalue weighted by Gasteiger charge is 2.22. The first-order valence-corrected chi connectivity index (χ1v) is 8.53. The second-order valence-corrected chi connectivity index (χ2v) is 6.25. The van der Waals surface area contributed by atoms with Crippen LogP contribution in [-0.2, 0) is 4.79 Å². The number of rotatable bonds is 8. The predicted octanol–water partition coefficient (Wildman–Crippen LogP) is 2.27. The zero-order chi connectivity index (χ0) is 18.2. The molecule has 0 heterocycles. The highest BCUT2D eigenvalue weighted by atomic mass is 35.5. The van der Waals surface area contributed by atoms with Crippen molar-refractivity contribution in [2.75, 3.05) is 32.6 Å². The van der Waals surface area contributed by atoms with Gasteiger partial charge in [-0.25, -0.2) is 0 Å². The van der Waals surface area contributed by atoms with E-state index in [1.54, 1.807) is 25.3 Å². The fourth-order valence-electron chi connectivity index (χ4n) is 2.31. The highest BCUT2D eigenvalue weighted by molar-refractivity contribution is 6.31. The van der Waals surface area contributed by atoms with Gasteiger partial charge in [0.25, 0.3) is 5.91 Å². The Morgan fingerprint density at radius 2 is 1.96 bits per heavy atom. The molecule has 2 N–H and O–H groups in total. The molecule has 0 aliphatic heterocycles. The number of carbonyl (C=O) groups is 1. The van der Waals surface area contributed by atoms with Gasteiger partial charge in [-0.05, 0) is 37.3 Å².